The SMILES string of the molecule is NC(=O)N(C(=O)c1cccc(F)c1F)c1ccccc1Cl. The van der Waals surface area contributed by atoms with E-state index in [2.05, 4.69) is 0 Å². The second kappa shape index (κ2) is 5.88. The van der Waals surface area contributed by atoms with Gasteiger partial charge in [-0.2, -0.15) is 0 Å². The monoisotopic (exact) mass is 310 g/mol. The fourth-order valence-corrected chi connectivity index (χ4v) is 1.97. The lowest BCUT2D eigenvalue weighted by atomic mass is 10.1. The largest absolute Gasteiger partial charge is 0.351 e. The second-order valence-corrected chi connectivity index (χ2v) is 4.44. The molecule has 0 spiro atoms. The highest BCUT2D eigenvalue weighted by molar-refractivity contribution is 6.35. The summed E-state index contributed by atoms with van der Waals surface area (Å²) < 4.78 is 26.9. The van der Waals surface area contributed by atoms with Crippen LogP contribution in [0.3, 0.4) is 0 Å². The Morgan fingerprint density at radius 3 is 2.33 bits per heavy atom. The van der Waals surface area contributed by atoms with Crippen LogP contribution in [0.4, 0.5) is 19.3 Å². The number of primary amides is 1. The number of imide groups is 1. The Morgan fingerprint density at radius 1 is 1.05 bits per heavy atom. The number of halogens is 3. The van der Waals surface area contributed by atoms with Crippen molar-refractivity contribution in [1.29, 1.82) is 0 Å². The van der Waals surface area contributed by atoms with Gasteiger partial charge in [0, 0.05) is 0 Å². The van der Waals surface area contributed by atoms with Crippen LogP contribution in [0.25, 0.3) is 0 Å². The topological polar surface area (TPSA) is 63.4 Å². The summed E-state index contributed by atoms with van der Waals surface area (Å²) in [6.07, 6.45) is 0. The maximum Gasteiger partial charge on any atom is 0.326 e. The molecule has 0 aliphatic carbocycles. The third kappa shape index (κ3) is 2.85. The quantitative estimate of drug-likeness (QED) is 0.924. The van der Waals surface area contributed by atoms with E-state index >= 15 is 0 Å². The third-order valence-corrected chi connectivity index (χ3v) is 3.02. The molecule has 0 aliphatic heterocycles. The molecule has 0 radical (unpaired) electrons. The van der Waals surface area contributed by atoms with Crippen molar-refractivity contribution >= 4 is 29.2 Å². The first-order valence-corrected chi connectivity index (χ1v) is 6.13. The summed E-state index contributed by atoms with van der Waals surface area (Å²) in [6, 6.07) is 7.80. The summed E-state index contributed by atoms with van der Waals surface area (Å²) >= 11 is 5.90. The number of amides is 3. The molecule has 0 saturated heterocycles. The molecule has 108 valence electrons. The molecule has 0 fully saturated rings. The maximum absolute atomic E-state index is 13.7. The van der Waals surface area contributed by atoms with Crippen molar-refractivity contribution in [3.05, 3.63) is 64.7 Å². The molecule has 2 aromatic carbocycles. The van der Waals surface area contributed by atoms with Crippen molar-refractivity contribution in [2.24, 2.45) is 5.73 Å². The number of carbonyl (C=O) groups excluding carboxylic acids is 2. The van der Waals surface area contributed by atoms with E-state index in [1.807, 2.05) is 0 Å². The van der Waals surface area contributed by atoms with Crippen LogP contribution in [0, 0.1) is 11.6 Å². The van der Waals surface area contributed by atoms with Crippen molar-refractivity contribution in [3.63, 3.8) is 0 Å². The summed E-state index contributed by atoms with van der Waals surface area (Å²) in [5.41, 5.74) is 4.52. The number of urea groups is 1. The van der Waals surface area contributed by atoms with Gasteiger partial charge in [-0.05, 0) is 24.3 Å². The molecule has 0 bridgehead atoms. The normalized spacial score (nSPS) is 10.2. The molecular weight excluding hydrogens is 302 g/mol. The first-order chi connectivity index (χ1) is 9.93. The fourth-order valence-electron chi connectivity index (χ4n) is 1.75. The molecular formula is C14H9ClF2N2O2. The van der Waals surface area contributed by atoms with Gasteiger partial charge in [-0.1, -0.05) is 29.8 Å². The predicted octanol–water partition coefficient (Wildman–Crippen LogP) is 3.34. The first kappa shape index (κ1) is 14.9. The van der Waals surface area contributed by atoms with Gasteiger partial charge in [0.15, 0.2) is 11.6 Å². The number of anilines is 1. The Hall–Kier alpha value is -2.47. The molecule has 2 rings (SSSR count). The highest BCUT2D eigenvalue weighted by atomic mass is 35.5. The van der Waals surface area contributed by atoms with Crippen molar-refractivity contribution in [1.82, 2.24) is 0 Å². The van der Waals surface area contributed by atoms with Gasteiger partial charge >= 0.3 is 6.03 Å². The highest BCUT2D eigenvalue weighted by Gasteiger charge is 2.27. The Morgan fingerprint density at radius 2 is 1.71 bits per heavy atom. The number of nitrogens with two attached hydrogens (primary N) is 1. The summed E-state index contributed by atoms with van der Waals surface area (Å²) in [5.74, 6) is -3.67. The lowest BCUT2D eigenvalue weighted by Crippen LogP contribution is -2.41. The van der Waals surface area contributed by atoms with Gasteiger partial charge in [-0.15, -0.1) is 0 Å². The molecule has 3 amide bonds. The van der Waals surface area contributed by atoms with Crippen molar-refractivity contribution in [2.75, 3.05) is 4.90 Å². The van der Waals surface area contributed by atoms with Crippen molar-refractivity contribution in [2.45, 2.75) is 0 Å². The molecule has 2 aromatic rings. The van der Waals surface area contributed by atoms with E-state index in [9.17, 15) is 18.4 Å². The van der Waals surface area contributed by atoms with Gasteiger partial charge in [0.05, 0.1) is 16.3 Å². The zero-order valence-electron chi connectivity index (χ0n) is 10.5. The first-order valence-electron chi connectivity index (χ1n) is 5.76. The minimum atomic E-state index is -1.36. The van der Waals surface area contributed by atoms with Gasteiger partial charge in [-0.25, -0.2) is 18.5 Å². The van der Waals surface area contributed by atoms with E-state index in [0.29, 0.717) is 4.90 Å². The van der Waals surface area contributed by atoms with Gasteiger partial charge in [0.25, 0.3) is 5.91 Å². The van der Waals surface area contributed by atoms with Crippen LogP contribution < -0.4 is 10.6 Å². The van der Waals surface area contributed by atoms with Gasteiger partial charge in [-0.3, -0.25) is 4.79 Å². The Kier molecular flexibility index (Phi) is 4.18. The average Bonchev–Trinajstić information content (AvgIpc) is 2.43. The smallest absolute Gasteiger partial charge is 0.326 e. The summed E-state index contributed by atoms with van der Waals surface area (Å²) in [4.78, 5) is 24.3. The standard InChI is InChI=1S/C14H9ClF2N2O2/c15-9-5-1-2-7-11(9)19(14(18)21)13(20)8-4-3-6-10(16)12(8)17/h1-7H,(H2,18,21). The van der Waals surface area contributed by atoms with Crippen LogP contribution >= 0.6 is 11.6 Å². The van der Waals surface area contributed by atoms with E-state index in [1.54, 1.807) is 6.07 Å². The Balaban J connectivity index is 2.54. The molecule has 0 saturated carbocycles. The Labute approximate surface area is 123 Å². The third-order valence-electron chi connectivity index (χ3n) is 2.70. The number of benzene rings is 2. The van der Waals surface area contributed by atoms with Gasteiger partial charge in [0.2, 0.25) is 0 Å². The van der Waals surface area contributed by atoms with E-state index < -0.39 is 29.1 Å². The lowest BCUT2D eigenvalue weighted by Gasteiger charge is -2.20. The van der Waals surface area contributed by atoms with Gasteiger partial charge < -0.3 is 5.73 Å². The summed E-state index contributed by atoms with van der Waals surface area (Å²) in [5, 5.41) is 0.0708. The highest BCUT2D eigenvalue weighted by Crippen LogP contribution is 2.27. The van der Waals surface area contributed by atoms with E-state index in [4.69, 9.17) is 17.3 Å². The van der Waals surface area contributed by atoms with Crippen molar-refractivity contribution in [3.8, 4) is 0 Å². The molecule has 0 aliphatic rings. The van der Waals surface area contributed by atoms with Crippen LogP contribution in [-0.4, -0.2) is 11.9 Å². The van der Waals surface area contributed by atoms with Crippen LogP contribution in [0.5, 0.6) is 0 Å². The zero-order chi connectivity index (χ0) is 15.6. The van der Waals surface area contributed by atoms with Crippen LogP contribution in [0.15, 0.2) is 42.5 Å². The molecule has 4 nitrogen and oxygen atoms in total. The van der Waals surface area contributed by atoms with Gasteiger partial charge in [0.1, 0.15) is 0 Å². The lowest BCUT2D eigenvalue weighted by molar-refractivity contribution is 0.0990. The molecule has 21 heavy (non-hydrogen) atoms. The number of carbonyl (C=O) groups is 2. The molecule has 0 atom stereocenters. The molecule has 0 heterocycles. The molecule has 7 heteroatoms. The van der Waals surface area contributed by atoms with E-state index in [1.165, 1.54) is 18.2 Å². The van der Waals surface area contributed by atoms with Crippen LogP contribution in [0.2, 0.25) is 5.02 Å². The zero-order valence-corrected chi connectivity index (χ0v) is 11.3. The van der Waals surface area contributed by atoms with E-state index in [-0.39, 0.29) is 10.7 Å². The Bertz CT molecular complexity index is 722. The summed E-state index contributed by atoms with van der Waals surface area (Å²) in [7, 11) is 0. The number of hydrogen-bond donors (Lipinski definition) is 1. The predicted molar refractivity (Wildman–Crippen MR) is 74.2 cm³/mol. The molecule has 0 unspecified atom stereocenters. The number of para-hydroxylation sites is 1. The molecule has 2 N–H and O–H groups in total. The van der Waals surface area contributed by atoms with Crippen molar-refractivity contribution < 1.29 is 18.4 Å². The number of rotatable bonds is 2. The van der Waals surface area contributed by atoms with E-state index in [0.717, 1.165) is 18.2 Å². The minimum absolute atomic E-state index is 0.0136. The maximum atomic E-state index is 13.7. The van der Waals surface area contributed by atoms with Crippen LogP contribution in [0.1, 0.15) is 10.4 Å². The number of nitrogens with zero attached hydrogens (tertiary/aromatic N) is 1. The fraction of sp³-hybridized carbons (Fsp3) is 0. The van der Waals surface area contributed by atoms with Crippen LogP contribution in [-0.2, 0) is 0 Å². The average molecular weight is 311 g/mol. The minimum Gasteiger partial charge on any atom is -0.351 e. The summed E-state index contributed by atoms with van der Waals surface area (Å²) in [6.45, 7) is 0. The number of hydrogen-bond acceptors (Lipinski definition) is 2. The molecule has 0 aromatic heterocycles. The second-order valence-electron chi connectivity index (χ2n) is 4.03.